The van der Waals surface area contributed by atoms with Crippen LogP contribution in [0.3, 0.4) is 0 Å². The van der Waals surface area contributed by atoms with E-state index < -0.39 is 11.9 Å². The molecule has 6 rings (SSSR count). The van der Waals surface area contributed by atoms with Crippen LogP contribution in [0.1, 0.15) is 142 Å². The molecule has 67 heavy (non-hydrogen) atoms. The van der Waals surface area contributed by atoms with Crippen molar-refractivity contribution < 1.29 is 38.7 Å². The van der Waals surface area contributed by atoms with Gasteiger partial charge >= 0.3 is 11.9 Å². The van der Waals surface area contributed by atoms with Gasteiger partial charge in [0, 0.05) is 48.8 Å². The topological polar surface area (TPSA) is 136 Å². The van der Waals surface area contributed by atoms with E-state index in [9.17, 15) is 19.8 Å². The van der Waals surface area contributed by atoms with Crippen LogP contribution >= 0.6 is 0 Å². The number of ether oxygens (including phenoxy) is 4. The van der Waals surface area contributed by atoms with E-state index in [1.165, 1.54) is 76.3 Å². The van der Waals surface area contributed by atoms with E-state index in [1.807, 2.05) is 48.5 Å². The zero-order chi connectivity index (χ0) is 47.1. The third-order valence-electron chi connectivity index (χ3n) is 11.6. The molecule has 0 aliphatic heterocycles. The highest BCUT2D eigenvalue weighted by Gasteiger charge is 2.14. The van der Waals surface area contributed by atoms with Crippen LogP contribution in [0.4, 0.5) is 0 Å². The molecule has 10 nitrogen and oxygen atoms in total. The van der Waals surface area contributed by atoms with Gasteiger partial charge in [-0.25, -0.2) is 9.59 Å². The third-order valence-corrected chi connectivity index (χ3v) is 11.6. The summed E-state index contributed by atoms with van der Waals surface area (Å²) in [6.07, 6.45) is 20.3. The summed E-state index contributed by atoms with van der Waals surface area (Å²) in [5, 5.41) is 25.0. The Labute approximate surface area is 395 Å². The van der Waals surface area contributed by atoms with Crippen LogP contribution in [0.25, 0.3) is 21.5 Å². The van der Waals surface area contributed by atoms with E-state index in [4.69, 9.17) is 18.9 Å². The first-order valence-corrected chi connectivity index (χ1v) is 24.2. The number of unbranched alkanes of at least 4 members (excludes halogenated alkanes) is 12. The Morgan fingerprint density at radius 1 is 0.433 bits per heavy atom. The van der Waals surface area contributed by atoms with Gasteiger partial charge in [-0.1, -0.05) is 102 Å². The lowest BCUT2D eigenvalue weighted by Crippen LogP contribution is -2.08. The number of phenols is 2. The molecule has 0 saturated carbocycles. The summed E-state index contributed by atoms with van der Waals surface area (Å²) in [4.78, 5) is 34.9. The molecule has 0 spiro atoms. The first-order chi connectivity index (χ1) is 32.8. The number of rotatable bonds is 28. The van der Waals surface area contributed by atoms with Gasteiger partial charge in [-0.3, -0.25) is 9.98 Å². The Bertz CT molecular complexity index is 2410. The number of phenolic OH excluding ortho intramolecular Hbond substituents is 2. The van der Waals surface area contributed by atoms with E-state index in [0.717, 1.165) is 65.1 Å². The van der Waals surface area contributed by atoms with Crippen molar-refractivity contribution in [2.24, 2.45) is 9.98 Å². The summed E-state index contributed by atoms with van der Waals surface area (Å²) in [5.41, 5.74) is 1.87. The Kier molecular flexibility index (Phi) is 20.1. The SMILES string of the molecule is CCCCCCCCOc1ccc2cc(C(=O)Oc3ccc(C=NCCCCCN=Cc4ccc(OC(=O)c5ccc6cc(OCCCCCCCC)ccc6c5)cc4O)c(O)c3)ccc2c1. The summed E-state index contributed by atoms with van der Waals surface area (Å²) >= 11 is 0. The van der Waals surface area contributed by atoms with Gasteiger partial charge in [-0.05, 0) is 126 Å². The number of carbonyl (C=O) groups is 2. The second-order valence-corrected chi connectivity index (χ2v) is 17.0. The summed E-state index contributed by atoms with van der Waals surface area (Å²) in [7, 11) is 0. The number of fused-ring (bicyclic) bond motifs is 2. The molecule has 0 unspecified atom stereocenters. The predicted molar refractivity (Wildman–Crippen MR) is 271 cm³/mol. The highest BCUT2D eigenvalue weighted by molar-refractivity contribution is 5.98. The zero-order valence-electron chi connectivity index (χ0n) is 39.2. The van der Waals surface area contributed by atoms with Crippen molar-refractivity contribution in [3.05, 3.63) is 131 Å². The normalized spacial score (nSPS) is 11.5. The Morgan fingerprint density at radius 2 is 0.806 bits per heavy atom. The molecule has 6 aromatic rings. The molecule has 0 amide bonds. The molecular formula is C57H66N2O8. The second-order valence-electron chi connectivity index (χ2n) is 17.0. The maximum absolute atomic E-state index is 13.0. The molecule has 2 N–H and O–H groups in total. The Balaban J connectivity index is 0.861. The van der Waals surface area contributed by atoms with E-state index >= 15 is 0 Å². The largest absolute Gasteiger partial charge is 0.507 e. The molecule has 0 aliphatic carbocycles. The molecule has 0 bridgehead atoms. The molecule has 6 aromatic carbocycles. The van der Waals surface area contributed by atoms with Crippen molar-refractivity contribution in [1.82, 2.24) is 0 Å². The molecule has 0 saturated heterocycles. The molecule has 0 aromatic heterocycles. The summed E-state index contributed by atoms with van der Waals surface area (Å²) in [5.74, 6) is 1.02. The lowest BCUT2D eigenvalue weighted by atomic mass is 10.1. The van der Waals surface area contributed by atoms with Gasteiger partial charge in [-0.2, -0.15) is 0 Å². The molecule has 0 atom stereocenters. The van der Waals surface area contributed by atoms with E-state index in [1.54, 1.807) is 61.0 Å². The quantitative estimate of drug-likeness (QED) is 0.0215. The first-order valence-electron chi connectivity index (χ1n) is 24.2. The van der Waals surface area contributed by atoms with Crippen molar-refractivity contribution in [2.45, 2.75) is 110 Å². The van der Waals surface area contributed by atoms with Crippen molar-refractivity contribution in [2.75, 3.05) is 26.3 Å². The number of hydrogen-bond acceptors (Lipinski definition) is 10. The Hall–Kier alpha value is -6.68. The van der Waals surface area contributed by atoms with Gasteiger partial charge in [0.2, 0.25) is 0 Å². The lowest BCUT2D eigenvalue weighted by molar-refractivity contribution is 0.0725. The maximum atomic E-state index is 13.0. The molecule has 0 fully saturated rings. The molecule has 0 aliphatic rings. The predicted octanol–water partition coefficient (Wildman–Crippen LogP) is 14.0. The zero-order valence-corrected chi connectivity index (χ0v) is 39.2. The first kappa shape index (κ1) is 49.7. The smallest absolute Gasteiger partial charge is 0.343 e. The van der Waals surface area contributed by atoms with E-state index in [0.29, 0.717) is 48.6 Å². The summed E-state index contributed by atoms with van der Waals surface area (Å²) in [6, 6.07) is 32.0. The summed E-state index contributed by atoms with van der Waals surface area (Å²) < 4.78 is 23.1. The van der Waals surface area contributed by atoms with Gasteiger partial charge in [0.25, 0.3) is 0 Å². The molecule has 352 valence electrons. The molecule has 0 radical (unpaired) electrons. The van der Waals surface area contributed by atoms with Gasteiger partial charge in [0.05, 0.1) is 24.3 Å². The number of aromatic hydroxyl groups is 2. The van der Waals surface area contributed by atoms with Crippen LogP contribution < -0.4 is 18.9 Å². The minimum absolute atomic E-state index is 0.0340. The minimum Gasteiger partial charge on any atom is -0.507 e. The third kappa shape index (κ3) is 16.3. The Morgan fingerprint density at radius 3 is 1.24 bits per heavy atom. The van der Waals surface area contributed by atoms with Crippen LogP contribution in [0.5, 0.6) is 34.5 Å². The highest BCUT2D eigenvalue weighted by atomic mass is 16.5. The van der Waals surface area contributed by atoms with Crippen molar-refractivity contribution >= 4 is 45.9 Å². The van der Waals surface area contributed by atoms with Gasteiger partial charge in [-0.15, -0.1) is 0 Å². The van der Waals surface area contributed by atoms with Crippen LogP contribution in [0.15, 0.2) is 119 Å². The van der Waals surface area contributed by atoms with Crippen LogP contribution in [-0.2, 0) is 0 Å². The molecule has 10 heteroatoms. The number of carbonyl (C=O) groups excluding carboxylic acids is 2. The molecule has 0 heterocycles. The van der Waals surface area contributed by atoms with Crippen LogP contribution in [0, 0.1) is 0 Å². The van der Waals surface area contributed by atoms with Crippen molar-refractivity contribution in [3.8, 4) is 34.5 Å². The number of esters is 2. The fourth-order valence-electron chi connectivity index (χ4n) is 7.66. The summed E-state index contributed by atoms with van der Waals surface area (Å²) in [6.45, 7) is 6.98. The van der Waals surface area contributed by atoms with Crippen LogP contribution in [-0.4, -0.2) is 60.9 Å². The second kappa shape index (κ2) is 27.1. The standard InChI is InChI=1S/C57H66N2O8/c1-3-5-7-9-11-16-32-64-50-26-22-42-34-46(20-18-44(42)36-50)56(62)66-52-28-24-48(54(60)38-52)40-58-30-14-13-15-31-59-41-49-25-29-53(39-55(49)61)67-57(63)47-21-19-45-37-51(27-23-43(45)35-47)65-33-17-12-10-8-6-4-2/h18-29,34-41,60-61H,3-17,30-33H2,1-2H3. The number of nitrogens with zero attached hydrogens (tertiary/aromatic N) is 2. The maximum Gasteiger partial charge on any atom is 0.343 e. The average Bonchev–Trinajstić information content (AvgIpc) is 3.33. The van der Waals surface area contributed by atoms with Crippen molar-refractivity contribution in [1.29, 1.82) is 0 Å². The van der Waals surface area contributed by atoms with Gasteiger partial charge < -0.3 is 29.2 Å². The lowest BCUT2D eigenvalue weighted by Gasteiger charge is -2.09. The number of benzene rings is 6. The highest BCUT2D eigenvalue weighted by Crippen LogP contribution is 2.28. The fourth-order valence-corrected chi connectivity index (χ4v) is 7.66. The number of hydrogen-bond donors (Lipinski definition) is 2. The number of aliphatic imine (C=N–C) groups is 2. The van der Waals surface area contributed by atoms with E-state index in [2.05, 4.69) is 23.8 Å². The fraction of sp³-hybridized carbons (Fsp3) is 0.368. The van der Waals surface area contributed by atoms with Gasteiger partial charge in [0.15, 0.2) is 0 Å². The minimum atomic E-state index is -0.514. The molecular weight excluding hydrogens is 841 g/mol. The van der Waals surface area contributed by atoms with Gasteiger partial charge in [0.1, 0.15) is 34.5 Å². The van der Waals surface area contributed by atoms with Crippen LogP contribution in [0.2, 0.25) is 0 Å². The monoisotopic (exact) mass is 906 g/mol. The average molecular weight is 907 g/mol. The van der Waals surface area contributed by atoms with E-state index in [-0.39, 0.29) is 23.0 Å². The van der Waals surface area contributed by atoms with Crippen molar-refractivity contribution in [3.63, 3.8) is 0 Å².